The Hall–Kier alpha value is -3.86. The lowest BCUT2D eigenvalue weighted by Crippen LogP contribution is -2.35. The molecular formula is C29H31N3O6S. The van der Waals surface area contributed by atoms with Crippen LogP contribution in [0.3, 0.4) is 0 Å². The average Bonchev–Trinajstić information content (AvgIpc) is 2.91. The maximum atomic E-state index is 14.0. The molecule has 0 aliphatic heterocycles. The van der Waals surface area contributed by atoms with Crippen molar-refractivity contribution in [1.82, 2.24) is 14.5 Å². The SMILES string of the molecule is COCC(c1ccccc1)n1c(COC(C)C)nc(O)c(S(=O)(=O)c2ccc(-c3cccnc3C)cc2)c1=O. The van der Waals surface area contributed by atoms with Crippen molar-refractivity contribution < 1.29 is 23.0 Å². The number of hydrogen-bond acceptors (Lipinski definition) is 8. The number of ether oxygens (including phenoxy) is 2. The van der Waals surface area contributed by atoms with E-state index >= 15 is 0 Å². The predicted octanol–water partition coefficient (Wildman–Crippen LogP) is 4.31. The van der Waals surface area contributed by atoms with E-state index in [0.29, 0.717) is 5.56 Å². The van der Waals surface area contributed by atoms with Crippen LogP contribution < -0.4 is 5.56 Å². The number of rotatable bonds is 10. The second-order valence-corrected chi connectivity index (χ2v) is 11.1. The Morgan fingerprint density at radius 2 is 1.69 bits per heavy atom. The molecule has 0 bridgehead atoms. The summed E-state index contributed by atoms with van der Waals surface area (Å²) >= 11 is 0. The smallest absolute Gasteiger partial charge is 0.277 e. The van der Waals surface area contributed by atoms with Crippen molar-refractivity contribution in [2.24, 2.45) is 0 Å². The fraction of sp³-hybridized carbons (Fsp3) is 0.276. The number of hydrogen-bond donors (Lipinski definition) is 1. The van der Waals surface area contributed by atoms with Gasteiger partial charge in [0.15, 0.2) is 4.90 Å². The highest BCUT2D eigenvalue weighted by Gasteiger charge is 2.32. The van der Waals surface area contributed by atoms with Gasteiger partial charge in [0.25, 0.3) is 5.56 Å². The number of aromatic hydroxyl groups is 1. The van der Waals surface area contributed by atoms with Gasteiger partial charge in [0.05, 0.1) is 23.6 Å². The Morgan fingerprint density at radius 3 is 2.31 bits per heavy atom. The number of sulfone groups is 1. The summed E-state index contributed by atoms with van der Waals surface area (Å²) in [6.45, 7) is 5.44. The van der Waals surface area contributed by atoms with Gasteiger partial charge < -0.3 is 14.6 Å². The van der Waals surface area contributed by atoms with Crippen LogP contribution in [0.15, 0.2) is 87.5 Å². The molecule has 204 valence electrons. The quantitative estimate of drug-likeness (QED) is 0.311. The van der Waals surface area contributed by atoms with Gasteiger partial charge in [-0.1, -0.05) is 48.5 Å². The van der Waals surface area contributed by atoms with Gasteiger partial charge in [-0.25, -0.2) is 8.42 Å². The number of aryl methyl sites for hydroxylation is 1. The molecule has 10 heteroatoms. The van der Waals surface area contributed by atoms with Crippen molar-refractivity contribution in [2.75, 3.05) is 13.7 Å². The molecule has 0 aliphatic carbocycles. The lowest BCUT2D eigenvalue weighted by molar-refractivity contribution is 0.0557. The Kier molecular flexibility index (Phi) is 8.59. The molecular weight excluding hydrogens is 518 g/mol. The fourth-order valence-corrected chi connectivity index (χ4v) is 5.67. The first-order chi connectivity index (χ1) is 18.6. The van der Waals surface area contributed by atoms with Crippen LogP contribution in [0.2, 0.25) is 0 Å². The second-order valence-electron chi connectivity index (χ2n) is 9.26. The third-order valence-corrected chi connectivity index (χ3v) is 8.03. The zero-order chi connectivity index (χ0) is 28.2. The van der Waals surface area contributed by atoms with E-state index in [1.165, 1.54) is 23.8 Å². The van der Waals surface area contributed by atoms with Gasteiger partial charge in [0.2, 0.25) is 15.7 Å². The summed E-state index contributed by atoms with van der Waals surface area (Å²) in [5.74, 6) is -0.798. The summed E-state index contributed by atoms with van der Waals surface area (Å²) in [7, 11) is -2.97. The molecule has 4 aromatic rings. The zero-order valence-electron chi connectivity index (χ0n) is 22.2. The largest absolute Gasteiger partial charge is 0.492 e. The van der Waals surface area contributed by atoms with Crippen molar-refractivity contribution in [3.05, 3.63) is 100 Å². The van der Waals surface area contributed by atoms with Gasteiger partial charge in [-0.05, 0) is 50.1 Å². The number of nitrogens with zero attached hydrogens (tertiary/aromatic N) is 3. The molecule has 0 fully saturated rings. The van der Waals surface area contributed by atoms with Crippen LogP contribution in [0.1, 0.15) is 37.0 Å². The van der Waals surface area contributed by atoms with Crippen LogP contribution in [-0.4, -0.2) is 47.9 Å². The molecule has 0 spiro atoms. The summed E-state index contributed by atoms with van der Waals surface area (Å²) in [5, 5.41) is 10.8. The molecule has 1 N–H and O–H groups in total. The molecule has 2 heterocycles. The van der Waals surface area contributed by atoms with E-state index in [0.717, 1.165) is 16.8 Å². The summed E-state index contributed by atoms with van der Waals surface area (Å²) in [4.78, 5) is 21.4. The minimum Gasteiger partial charge on any atom is -0.492 e. The first-order valence-electron chi connectivity index (χ1n) is 12.4. The second kappa shape index (κ2) is 11.9. The Morgan fingerprint density at radius 1 is 1.00 bits per heavy atom. The van der Waals surface area contributed by atoms with E-state index in [1.54, 1.807) is 24.4 Å². The molecule has 39 heavy (non-hydrogen) atoms. The summed E-state index contributed by atoms with van der Waals surface area (Å²) < 4.78 is 39.8. The van der Waals surface area contributed by atoms with Crippen molar-refractivity contribution in [3.63, 3.8) is 0 Å². The number of aromatic nitrogens is 3. The van der Waals surface area contributed by atoms with E-state index in [1.807, 2.05) is 57.2 Å². The molecule has 2 aromatic carbocycles. The van der Waals surface area contributed by atoms with E-state index < -0.39 is 32.2 Å². The van der Waals surface area contributed by atoms with Crippen LogP contribution in [0.25, 0.3) is 11.1 Å². The first-order valence-corrected chi connectivity index (χ1v) is 13.9. The molecule has 2 aromatic heterocycles. The van der Waals surface area contributed by atoms with Gasteiger partial charge in [0.1, 0.15) is 12.4 Å². The van der Waals surface area contributed by atoms with Crippen LogP contribution in [0.5, 0.6) is 5.88 Å². The molecule has 4 rings (SSSR count). The van der Waals surface area contributed by atoms with Gasteiger partial charge in [-0.15, -0.1) is 0 Å². The minimum absolute atomic E-state index is 0.0592. The lowest BCUT2D eigenvalue weighted by Gasteiger charge is -2.24. The lowest BCUT2D eigenvalue weighted by atomic mass is 10.1. The topological polar surface area (TPSA) is 121 Å². The molecule has 0 radical (unpaired) electrons. The highest BCUT2D eigenvalue weighted by molar-refractivity contribution is 7.91. The normalized spacial score (nSPS) is 12.5. The third-order valence-electron chi connectivity index (χ3n) is 6.25. The molecule has 1 atom stereocenters. The third kappa shape index (κ3) is 5.93. The summed E-state index contributed by atoms with van der Waals surface area (Å²) in [6, 6.07) is 18.1. The van der Waals surface area contributed by atoms with Crippen LogP contribution in [-0.2, 0) is 25.9 Å². The Labute approximate surface area is 227 Å². The van der Waals surface area contributed by atoms with Crippen LogP contribution in [0, 0.1) is 6.92 Å². The highest BCUT2D eigenvalue weighted by Crippen LogP contribution is 2.29. The van der Waals surface area contributed by atoms with Gasteiger partial charge in [-0.2, -0.15) is 4.98 Å². The zero-order valence-corrected chi connectivity index (χ0v) is 23.1. The van der Waals surface area contributed by atoms with E-state index in [2.05, 4.69) is 9.97 Å². The van der Waals surface area contributed by atoms with E-state index in [4.69, 9.17) is 9.47 Å². The van der Waals surface area contributed by atoms with Crippen molar-refractivity contribution in [2.45, 2.75) is 49.3 Å². The molecule has 0 saturated carbocycles. The van der Waals surface area contributed by atoms with E-state index in [9.17, 15) is 18.3 Å². The van der Waals surface area contributed by atoms with Crippen molar-refractivity contribution >= 4 is 9.84 Å². The van der Waals surface area contributed by atoms with Crippen LogP contribution in [0.4, 0.5) is 0 Å². The fourth-order valence-electron chi connectivity index (χ4n) is 4.32. The van der Waals surface area contributed by atoms with Gasteiger partial charge in [0, 0.05) is 24.6 Å². The number of methoxy groups -OCH3 is 1. The van der Waals surface area contributed by atoms with Crippen molar-refractivity contribution in [3.8, 4) is 17.0 Å². The van der Waals surface area contributed by atoms with Gasteiger partial charge >= 0.3 is 0 Å². The molecule has 0 saturated heterocycles. The maximum Gasteiger partial charge on any atom is 0.277 e. The molecule has 0 amide bonds. The molecule has 1 unspecified atom stereocenters. The monoisotopic (exact) mass is 549 g/mol. The Bertz CT molecular complexity index is 1600. The summed E-state index contributed by atoms with van der Waals surface area (Å²) in [5.41, 5.74) is 2.21. The van der Waals surface area contributed by atoms with Gasteiger partial charge in [-0.3, -0.25) is 14.3 Å². The van der Waals surface area contributed by atoms with Crippen molar-refractivity contribution in [1.29, 1.82) is 0 Å². The highest BCUT2D eigenvalue weighted by atomic mass is 32.2. The molecule has 0 aliphatic rings. The summed E-state index contributed by atoms with van der Waals surface area (Å²) in [6.07, 6.45) is 1.49. The minimum atomic E-state index is -4.45. The molecule has 9 nitrogen and oxygen atoms in total. The standard InChI is InChI=1S/C29H31N3O6S/c1-19(2)38-18-26-31-28(33)27(29(34)32(26)25(17-37-4)22-9-6-5-7-10-22)39(35,36)23-14-12-21(13-15-23)24-11-8-16-30-20(24)3/h5-16,19,25,33H,17-18H2,1-4H3. The Balaban J connectivity index is 1.88. The number of benzene rings is 2. The first kappa shape index (κ1) is 28.2. The number of pyridine rings is 1. The average molecular weight is 550 g/mol. The predicted molar refractivity (Wildman–Crippen MR) is 146 cm³/mol. The van der Waals surface area contributed by atoms with E-state index in [-0.39, 0.29) is 30.0 Å². The maximum absolute atomic E-state index is 14.0. The van der Waals surface area contributed by atoms with Crippen LogP contribution >= 0.6 is 0 Å².